The molecule has 0 aromatic heterocycles. The molecule has 1 heterocycles. The highest BCUT2D eigenvalue weighted by Crippen LogP contribution is 2.69. The first-order chi connectivity index (χ1) is 28.8. The van der Waals surface area contributed by atoms with Crippen LogP contribution in [0.2, 0.25) is 0 Å². The number of aliphatic hydroxyl groups is 1. The largest absolute Gasteiger partial charge is 0.462 e. The van der Waals surface area contributed by atoms with Crippen LogP contribution in [0.25, 0.3) is 0 Å². The van der Waals surface area contributed by atoms with E-state index in [2.05, 4.69) is 0 Å². The van der Waals surface area contributed by atoms with Crippen LogP contribution in [0.15, 0.2) is 102 Å². The van der Waals surface area contributed by atoms with Gasteiger partial charge in [0.05, 0.1) is 45.6 Å². The molecule has 1 aliphatic heterocycles. The molecule has 3 aromatic carbocycles. The van der Waals surface area contributed by atoms with Crippen molar-refractivity contribution in [3.05, 3.63) is 119 Å². The summed E-state index contributed by atoms with van der Waals surface area (Å²) in [6, 6.07) is 24.2. The molecule has 0 radical (unpaired) electrons. The number of hydrogen-bond donors (Lipinski definition) is 1. The van der Waals surface area contributed by atoms with E-state index < -0.39 is 100 Å². The Morgan fingerprint density at radius 2 is 1.15 bits per heavy atom. The molecule has 4 aliphatic rings. The fraction of sp³-hybridized carbons (Fsp3) is 0.447. The van der Waals surface area contributed by atoms with Crippen molar-refractivity contribution in [3.8, 4) is 0 Å². The normalized spacial score (nSPS) is 31.4. The summed E-state index contributed by atoms with van der Waals surface area (Å²) in [5.41, 5.74) is -6.53. The highest BCUT2D eigenvalue weighted by molar-refractivity contribution is 5.91. The van der Waals surface area contributed by atoms with E-state index in [-0.39, 0.29) is 41.7 Å². The van der Waals surface area contributed by atoms with Crippen molar-refractivity contribution in [2.75, 3.05) is 6.61 Å². The van der Waals surface area contributed by atoms with Crippen molar-refractivity contribution in [3.63, 3.8) is 0 Å². The Morgan fingerprint density at radius 1 is 0.672 bits per heavy atom. The van der Waals surface area contributed by atoms with Crippen molar-refractivity contribution in [1.29, 1.82) is 0 Å². The number of benzene rings is 3. The Kier molecular flexibility index (Phi) is 11.5. The molecule has 14 heteroatoms. The third kappa shape index (κ3) is 7.39. The molecule has 3 aliphatic carbocycles. The van der Waals surface area contributed by atoms with Crippen LogP contribution >= 0.6 is 0 Å². The van der Waals surface area contributed by atoms with Gasteiger partial charge in [0.2, 0.25) is 0 Å². The molecule has 0 bridgehead atoms. The molecule has 2 saturated carbocycles. The Balaban J connectivity index is 1.62. The van der Waals surface area contributed by atoms with Crippen LogP contribution in [0.1, 0.15) is 92.4 Å². The summed E-state index contributed by atoms with van der Waals surface area (Å²) in [5, 5.41) is 13.0. The predicted molar refractivity (Wildman–Crippen MR) is 215 cm³/mol. The average molecular weight is 839 g/mol. The maximum atomic E-state index is 14.7. The van der Waals surface area contributed by atoms with Gasteiger partial charge in [0.1, 0.15) is 24.4 Å². The van der Waals surface area contributed by atoms with Crippen molar-refractivity contribution < 1.29 is 67.0 Å². The van der Waals surface area contributed by atoms with E-state index in [0.717, 1.165) is 0 Å². The fourth-order valence-corrected chi connectivity index (χ4v) is 10.4. The van der Waals surface area contributed by atoms with Crippen LogP contribution in [-0.4, -0.2) is 95.4 Å². The number of carbonyl (C=O) groups excluding carboxylic acids is 6. The lowest BCUT2D eigenvalue weighted by Gasteiger charge is -2.65. The summed E-state index contributed by atoms with van der Waals surface area (Å²) in [7, 11) is 0. The van der Waals surface area contributed by atoms with Crippen LogP contribution in [0.3, 0.4) is 0 Å². The van der Waals surface area contributed by atoms with Gasteiger partial charge < -0.3 is 38.3 Å². The second-order valence-electron chi connectivity index (χ2n) is 17.0. The molecule has 0 spiro atoms. The minimum atomic E-state index is -1.97. The molecule has 7 rings (SSSR count). The molecular formula is C47H50O14. The number of esters is 6. The second-order valence-corrected chi connectivity index (χ2v) is 17.0. The first-order valence-electron chi connectivity index (χ1n) is 20.2. The zero-order valence-corrected chi connectivity index (χ0v) is 35.1. The first-order valence-corrected chi connectivity index (χ1v) is 20.2. The summed E-state index contributed by atoms with van der Waals surface area (Å²) in [6.45, 7) is 9.67. The van der Waals surface area contributed by atoms with Crippen molar-refractivity contribution in [2.24, 2.45) is 16.7 Å². The fourth-order valence-electron chi connectivity index (χ4n) is 10.4. The quantitative estimate of drug-likeness (QED) is 0.148. The number of rotatable bonds is 10. The number of fused-ring (bicyclic) bond motifs is 4. The van der Waals surface area contributed by atoms with Gasteiger partial charge in [0.15, 0.2) is 17.8 Å². The van der Waals surface area contributed by atoms with Crippen LogP contribution in [0.5, 0.6) is 0 Å². The maximum Gasteiger partial charge on any atom is 0.338 e. The maximum absolute atomic E-state index is 14.7. The molecule has 2 unspecified atom stereocenters. The van der Waals surface area contributed by atoms with Gasteiger partial charge in [-0.05, 0) is 68.3 Å². The SMILES string of the molecule is CC(=O)O[C@H]1C[C@]2(C(C)(C)O)C(=C1C)[C@@H](OC(=O)c1ccccc1)[C@H](OC(=O)c1ccccc1)[C@@]1(C)C(C2OC(=O)c2ccccc2)[C@]2(OC(C)=O)CO[C@@H]2C[C@@H]1OC(C)=O. The zero-order valence-electron chi connectivity index (χ0n) is 35.1. The summed E-state index contributed by atoms with van der Waals surface area (Å²) < 4.78 is 44.7. The smallest absolute Gasteiger partial charge is 0.338 e. The van der Waals surface area contributed by atoms with Gasteiger partial charge in [0.25, 0.3) is 0 Å². The third-order valence-electron chi connectivity index (χ3n) is 13.0. The van der Waals surface area contributed by atoms with Crippen LogP contribution in [0, 0.1) is 16.7 Å². The third-order valence-corrected chi connectivity index (χ3v) is 13.0. The number of hydrogen-bond acceptors (Lipinski definition) is 14. The molecule has 0 amide bonds. The van der Waals surface area contributed by atoms with E-state index >= 15 is 0 Å². The molecule has 1 N–H and O–H groups in total. The van der Waals surface area contributed by atoms with Gasteiger partial charge in [-0.1, -0.05) is 61.5 Å². The van der Waals surface area contributed by atoms with Gasteiger partial charge in [-0.3, -0.25) is 14.4 Å². The molecule has 3 fully saturated rings. The van der Waals surface area contributed by atoms with E-state index in [1.807, 2.05) is 0 Å². The summed E-state index contributed by atoms with van der Waals surface area (Å²) >= 11 is 0. The lowest BCUT2D eigenvalue weighted by atomic mass is 9.49. The Morgan fingerprint density at radius 3 is 1.57 bits per heavy atom. The topological polar surface area (TPSA) is 187 Å². The van der Waals surface area contributed by atoms with Crippen LogP contribution < -0.4 is 0 Å². The van der Waals surface area contributed by atoms with E-state index in [4.69, 9.17) is 33.2 Å². The average Bonchev–Trinajstić information content (AvgIpc) is 3.47. The highest BCUT2D eigenvalue weighted by Gasteiger charge is 2.81. The highest BCUT2D eigenvalue weighted by atomic mass is 16.6. The van der Waals surface area contributed by atoms with Gasteiger partial charge in [-0.15, -0.1) is 0 Å². The van der Waals surface area contributed by atoms with Crippen molar-refractivity contribution in [1.82, 2.24) is 0 Å². The van der Waals surface area contributed by atoms with Crippen LogP contribution in [0.4, 0.5) is 0 Å². The summed E-state index contributed by atoms with van der Waals surface area (Å²) in [4.78, 5) is 83.3. The van der Waals surface area contributed by atoms with E-state index in [1.54, 1.807) is 80.6 Å². The van der Waals surface area contributed by atoms with E-state index in [0.29, 0.717) is 5.57 Å². The van der Waals surface area contributed by atoms with Gasteiger partial charge in [-0.25, -0.2) is 14.4 Å². The van der Waals surface area contributed by atoms with E-state index in [9.17, 15) is 33.9 Å². The van der Waals surface area contributed by atoms with Gasteiger partial charge >= 0.3 is 35.8 Å². The summed E-state index contributed by atoms with van der Waals surface area (Å²) in [6.07, 6.45) is -8.57. The minimum Gasteiger partial charge on any atom is -0.462 e. The minimum absolute atomic E-state index is 0.0957. The second kappa shape index (κ2) is 16.2. The Hall–Kier alpha value is -5.86. The predicted octanol–water partition coefficient (Wildman–Crippen LogP) is 5.74. The van der Waals surface area contributed by atoms with Crippen molar-refractivity contribution in [2.45, 2.75) is 109 Å². The lowest BCUT2D eigenvalue weighted by molar-refractivity contribution is -0.351. The molecule has 14 nitrogen and oxygen atoms in total. The number of carbonyl (C=O) groups is 6. The van der Waals surface area contributed by atoms with Crippen LogP contribution in [-0.2, 0) is 47.5 Å². The molecule has 3 aromatic rings. The molecular weight excluding hydrogens is 789 g/mol. The lowest BCUT2D eigenvalue weighted by Crippen LogP contribution is -2.79. The summed E-state index contributed by atoms with van der Waals surface area (Å²) in [5.74, 6) is -6.04. The van der Waals surface area contributed by atoms with Crippen molar-refractivity contribution >= 4 is 35.8 Å². The Bertz CT molecular complexity index is 2230. The molecule has 1 saturated heterocycles. The molecule has 61 heavy (non-hydrogen) atoms. The monoisotopic (exact) mass is 838 g/mol. The zero-order chi connectivity index (χ0) is 44.1. The van der Waals surface area contributed by atoms with Gasteiger partial charge in [-0.2, -0.15) is 0 Å². The molecule has 322 valence electrons. The number of ether oxygens (including phenoxy) is 7. The van der Waals surface area contributed by atoms with Gasteiger partial charge in [0, 0.05) is 33.6 Å². The van der Waals surface area contributed by atoms with E-state index in [1.165, 1.54) is 58.9 Å². The Labute approximate surface area is 353 Å². The molecule has 10 atom stereocenters. The standard InChI is InChI=1S/C47H50O14/c1-26-33(56-27(2)48)24-46(44(5,6)54)36(26)37(58-41(51)30-17-11-8-12-18-30)39(59-42(52)31-19-13-9-14-20-31)45(7)34(57-28(3)49)23-35-47(25-55-35,61-29(4)50)38(45)40(46)60-43(53)32-21-15-10-16-22-32/h8-22,33-35,37-40,54H,23-25H2,1-7H3/t33-,34-,35+,37+,38?,39-,40?,45+,46-,47-/m0/s1. The first kappa shape index (κ1) is 43.2.